The molecule has 0 aliphatic rings. The van der Waals surface area contributed by atoms with Crippen LogP contribution in [-0.2, 0) is 6.42 Å². The second-order valence-corrected chi connectivity index (χ2v) is 6.49. The Morgan fingerprint density at radius 1 is 1.40 bits per heavy atom. The van der Waals surface area contributed by atoms with Crippen LogP contribution >= 0.6 is 45.9 Å². The lowest BCUT2D eigenvalue weighted by atomic mass is 10.1. The van der Waals surface area contributed by atoms with E-state index in [0.717, 1.165) is 12.0 Å². The zero-order valence-electron chi connectivity index (χ0n) is 7.74. The monoisotopic (exact) mass is 277 g/mol. The minimum absolute atomic E-state index is 0.0695. The van der Waals surface area contributed by atoms with Gasteiger partial charge >= 0.3 is 0 Å². The first-order valence-electron chi connectivity index (χ1n) is 4.39. The second-order valence-electron chi connectivity index (χ2n) is 3.17. The maximum Gasteiger partial charge on any atom is 0.0992 e. The summed E-state index contributed by atoms with van der Waals surface area (Å²) in [5, 5.41) is 2.05. The average molecular weight is 278 g/mol. The molecule has 2 aromatic heterocycles. The van der Waals surface area contributed by atoms with Crippen molar-refractivity contribution in [3.8, 4) is 0 Å². The molecule has 1 unspecified atom stereocenters. The molecular formula is C10H9Cl2NS2. The van der Waals surface area contributed by atoms with Gasteiger partial charge in [0.1, 0.15) is 0 Å². The SMILES string of the molecule is NC(Cc1cccs1)c1cc(Cl)sc1Cl. The summed E-state index contributed by atoms with van der Waals surface area (Å²) in [5.41, 5.74) is 7.02. The molecule has 2 aromatic rings. The van der Waals surface area contributed by atoms with Crippen molar-refractivity contribution in [2.45, 2.75) is 12.5 Å². The van der Waals surface area contributed by atoms with Gasteiger partial charge in [0.15, 0.2) is 0 Å². The Labute approximate surface area is 106 Å². The highest BCUT2D eigenvalue weighted by Gasteiger charge is 2.14. The molecule has 2 N–H and O–H groups in total. The van der Waals surface area contributed by atoms with Gasteiger partial charge in [0.05, 0.1) is 8.67 Å². The molecule has 0 spiro atoms. The average Bonchev–Trinajstić information content (AvgIpc) is 2.75. The van der Waals surface area contributed by atoms with Gasteiger partial charge in [-0.15, -0.1) is 22.7 Å². The van der Waals surface area contributed by atoms with Crippen molar-refractivity contribution >= 4 is 45.9 Å². The Morgan fingerprint density at radius 2 is 2.20 bits per heavy atom. The van der Waals surface area contributed by atoms with Gasteiger partial charge in [0.2, 0.25) is 0 Å². The standard InChI is InChI=1S/C10H9Cl2NS2/c11-9-5-7(10(12)15-9)8(13)4-6-2-1-3-14-6/h1-3,5,8H,4,13H2. The van der Waals surface area contributed by atoms with Crippen LogP contribution in [0.4, 0.5) is 0 Å². The van der Waals surface area contributed by atoms with Gasteiger partial charge in [-0.05, 0) is 17.5 Å². The van der Waals surface area contributed by atoms with Gasteiger partial charge in [-0.2, -0.15) is 0 Å². The van der Waals surface area contributed by atoms with Crippen molar-refractivity contribution in [1.29, 1.82) is 0 Å². The van der Waals surface area contributed by atoms with Crippen molar-refractivity contribution in [2.24, 2.45) is 5.73 Å². The Bertz CT molecular complexity index is 436. The highest BCUT2D eigenvalue weighted by molar-refractivity contribution is 7.20. The van der Waals surface area contributed by atoms with E-state index in [9.17, 15) is 0 Å². The second kappa shape index (κ2) is 4.85. The van der Waals surface area contributed by atoms with Gasteiger partial charge in [0.25, 0.3) is 0 Å². The Balaban J connectivity index is 2.14. The summed E-state index contributed by atoms with van der Waals surface area (Å²) in [6, 6.07) is 5.88. The summed E-state index contributed by atoms with van der Waals surface area (Å²) in [6.07, 6.45) is 0.810. The van der Waals surface area contributed by atoms with Crippen LogP contribution in [0.25, 0.3) is 0 Å². The maximum atomic E-state index is 6.07. The molecule has 0 aromatic carbocycles. The summed E-state index contributed by atoms with van der Waals surface area (Å²) in [5.74, 6) is 0. The van der Waals surface area contributed by atoms with Gasteiger partial charge in [-0.1, -0.05) is 29.3 Å². The van der Waals surface area contributed by atoms with Crippen LogP contribution in [0.15, 0.2) is 23.6 Å². The normalized spacial score (nSPS) is 13.0. The molecule has 15 heavy (non-hydrogen) atoms. The van der Waals surface area contributed by atoms with Crippen LogP contribution in [0, 0.1) is 0 Å². The van der Waals surface area contributed by atoms with E-state index in [1.54, 1.807) is 11.3 Å². The minimum Gasteiger partial charge on any atom is -0.324 e. The molecule has 0 aliphatic carbocycles. The molecule has 2 heterocycles. The van der Waals surface area contributed by atoms with Crippen molar-refractivity contribution < 1.29 is 0 Å². The lowest BCUT2D eigenvalue weighted by molar-refractivity contribution is 0.733. The lowest BCUT2D eigenvalue weighted by Gasteiger charge is -2.08. The highest BCUT2D eigenvalue weighted by Crippen LogP contribution is 2.35. The van der Waals surface area contributed by atoms with Crippen LogP contribution in [0.5, 0.6) is 0 Å². The lowest BCUT2D eigenvalue weighted by Crippen LogP contribution is -2.12. The topological polar surface area (TPSA) is 26.0 Å². The summed E-state index contributed by atoms with van der Waals surface area (Å²) in [7, 11) is 0. The van der Waals surface area contributed by atoms with Crippen LogP contribution in [-0.4, -0.2) is 0 Å². The Hall–Kier alpha value is -0.0600. The third kappa shape index (κ3) is 2.74. The van der Waals surface area contributed by atoms with E-state index in [4.69, 9.17) is 28.9 Å². The largest absolute Gasteiger partial charge is 0.324 e. The third-order valence-corrected chi connectivity index (χ3v) is 4.50. The Morgan fingerprint density at radius 3 is 2.73 bits per heavy atom. The van der Waals surface area contributed by atoms with Crippen molar-refractivity contribution in [2.75, 3.05) is 0 Å². The van der Waals surface area contributed by atoms with E-state index < -0.39 is 0 Å². The first-order chi connectivity index (χ1) is 7.16. The minimum atomic E-state index is -0.0695. The zero-order valence-corrected chi connectivity index (χ0v) is 10.9. The molecule has 1 atom stereocenters. The quantitative estimate of drug-likeness (QED) is 0.887. The summed E-state index contributed by atoms with van der Waals surface area (Å²) in [6.45, 7) is 0. The molecule has 1 nitrogen and oxygen atoms in total. The number of hydrogen-bond donors (Lipinski definition) is 1. The van der Waals surface area contributed by atoms with E-state index in [-0.39, 0.29) is 6.04 Å². The van der Waals surface area contributed by atoms with Gasteiger partial charge < -0.3 is 5.73 Å². The maximum absolute atomic E-state index is 6.07. The molecule has 0 amide bonds. The van der Waals surface area contributed by atoms with E-state index >= 15 is 0 Å². The Kier molecular flexibility index (Phi) is 3.69. The van der Waals surface area contributed by atoms with Crippen molar-refractivity contribution in [3.63, 3.8) is 0 Å². The summed E-state index contributed by atoms with van der Waals surface area (Å²) >= 11 is 15.0. The van der Waals surface area contributed by atoms with Gasteiger partial charge in [-0.3, -0.25) is 0 Å². The molecule has 0 aliphatic heterocycles. The third-order valence-electron chi connectivity index (χ3n) is 2.08. The molecule has 2 rings (SSSR count). The van der Waals surface area contributed by atoms with E-state index in [1.165, 1.54) is 16.2 Å². The number of hydrogen-bond acceptors (Lipinski definition) is 3. The van der Waals surface area contributed by atoms with Crippen LogP contribution in [0.2, 0.25) is 8.67 Å². The summed E-state index contributed by atoms with van der Waals surface area (Å²) in [4.78, 5) is 1.26. The molecule has 0 radical (unpaired) electrons. The molecule has 0 saturated heterocycles. The molecule has 80 valence electrons. The fourth-order valence-corrected chi connectivity index (χ4v) is 3.72. The van der Waals surface area contributed by atoms with E-state index in [1.807, 2.05) is 17.5 Å². The number of halogens is 2. The zero-order chi connectivity index (χ0) is 10.8. The predicted octanol–water partition coefficient (Wildman–Crippen LogP) is 4.36. The van der Waals surface area contributed by atoms with E-state index in [2.05, 4.69) is 6.07 Å². The molecule has 5 heteroatoms. The summed E-state index contributed by atoms with van der Waals surface area (Å²) < 4.78 is 1.39. The highest BCUT2D eigenvalue weighted by atomic mass is 35.5. The fraction of sp³-hybridized carbons (Fsp3) is 0.200. The molecule has 0 fully saturated rings. The number of thiophene rings is 2. The molecule has 0 saturated carbocycles. The van der Waals surface area contributed by atoms with Crippen molar-refractivity contribution in [1.82, 2.24) is 0 Å². The number of rotatable bonds is 3. The van der Waals surface area contributed by atoms with E-state index in [0.29, 0.717) is 8.67 Å². The van der Waals surface area contributed by atoms with Crippen LogP contribution in [0.3, 0.4) is 0 Å². The van der Waals surface area contributed by atoms with Gasteiger partial charge in [0, 0.05) is 22.9 Å². The smallest absolute Gasteiger partial charge is 0.0992 e. The fourth-order valence-electron chi connectivity index (χ4n) is 1.36. The van der Waals surface area contributed by atoms with Crippen molar-refractivity contribution in [3.05, 3.63) is 42.7 Å². The van der Waals surface area contributed by atoms with Crippen LogP contribution in [0.1, 0.15) is 16.5 Å². The number of nitrogens with two attached hydrogens (primary N) is 1. The first kappa shape index (κ1) is 11.4. The first-order valence-corrected chi connectivity index (χ1v) is 6.84. The molecule has 0 bridgehead atoms. The van der Waals surface area contributed by atoms with Gasteiger partial charge in [-0.25, -0.2) is 0 Å². The molecular weight excluding hydrogens is 269 g/mol. The van der Waals surface area contributed by atoms with Crippen LogP contribution < -0.4 is 5.73 Å². The predicted molar refractivity (Wildman–Crippen MR) is 69.3 cm³/mol.